The maximum atomic E-state index is 12.5. The average Bonchev–Trinajstić information content (AvgIpc) is 3.18. The molecular weight excluding hydrogens is 380 g/mol. The quantitative estimate of drug-likeness (QED) is 0.716. The minimum Gasteiger partial charge on any atom is -0.468 e. The molecule has 7 heteroatoms. The van der Waals surface area contributed by atoms with Crippen LogP contribution in [0.2, 0.25) is 5.02 Å². The van der Waals surface area contributed by atoms with E-state index >= 15 is 0 Å². The number of halogens is 1. The van der Waals surface area contributed by atoms with Crippen LogP contribution in [0.15, 0.2) is 42.5 Å². The fourth-order valence-electron chi connectivity index (χ4n) is 3.76. The molecule has 2 aromatic rings. The summed E-state index contributed by atoms with van der Waals surface area (Å²) < 4.78 is 15.9. The van der Waals surface area contributed by atoms with E-state index < -0.39 is 6.04 Å². The summed E-state index contributed by atoms with van der Waals surface area (Å²) in [6.07, 6.45) is 0. The van der Waals surface area contributed by atoms with Crippen LogP contribution in [0.3, 0.4) is 0 Å². The Morgan fingerprint density at radius 1 is 1.11 bits per heavy atom. The maximum Gasteiger partial charge on any atom is 0.327 e. The molecule has 28 heavy (non-hydrogen) atoms. The molecule has 0 aromatic heterocycles. The maximum absolute atomic E-state index is 12.5. The van der Waals surface area contributed by atoms with Crippen molar-refractivity contribution in [2.75, 3.05) is 40.1 Å². The fourth-order valence-corrected chi connectivity index (χ4v) is 4.00. The third-order valence-corrected chi connectivity index (χ3v) is 5.58. The van der Waals surface area contributed by atoms with Crippen LogP contribution >= 0.6 is 11.6 Å². The van der Waals surface area contributed by atoms with E-state index in [0.717, 1.165) is 49.8 Å². The molecule has 2 aliphatic rings. The number of carbonyl (C=O) groups excluding carboxylic acids is 1. The van der Waals surface area contributed by atoms with Gasteiger partial charge in [-0.05, 0) is 29.3 Å². The number of nitrogens with zero attached hydrogens (tertiary/aromatic N) is 2. The van der Waals surface area contributed by atoms with Crippen LogP contribution in [-0.2, 0) is 16.1 Å². The second-order valence-corrected chi connectivity index (χ2v) is 7.35. The molecule has 6 nitrogen and oxygen atoms in total. The lowest BCUT2D eigenvalue weighted by atomic mass is 10.0. The Morgan fingerprint density at radius 2 is 1.86 bits per heavy atom. The highest BCUT2D eigenvalue weighted by atomic mass is 35.5. The third kappa shape index (κ3) is 3.94. The van der Waals surface area contributed by atoms with E-state index in [9.17, 15) is 4.79 Å². The SMILES string of the molecule is COC(=O)[C@H](c1ccccc1Cl)N1CCN(Cc2ccc3c(c2)OCO3)CC1. The predicted octanol–water partition coefficient (Wildman–Crippen LogP) is 3.10. The van der Waals surface area contributed by atoms with Crippen LogP contribution in [0.5, 0.6) is 11.5 Å². The topological polar surface area (TPSA) is 51.2 Å². The Labute approximate surface area is 169 Å². The van der Waals surface area contributed by atoms with Gasteiger partial charge in [0.1, 0.15) is 6.04 Å². The van der Waals surface area contributed by atoms with Crippen LogP contribution in [0, 0.1) is 0 Å². The molecule has 2 heterocycles. The van der Waals surface area contributed by atoms with Crippen LogP contribution in [-0.4, -0.2) is 55.9 Å². The zero-order valence-electron chi connectivity index (χ0n) is 15.8. The zero-order valence-corrected chi connectivity index (χ0v) is 16.5. The van der Waals surface area contributed by atoms with E-state index in [1.807, 2.05) is 36.4 Å². The first-order valence-electron chi connectivity index (χ1n) is 9.33. The average molecular weight is 403 g/mol. The number of hydrogen-bond donors (Lipinski definition) is 0. The zero-order chi connectivity index (χ0) is 19.5. The number of hydrogen-bond acceptors (Lipinski definition) is 6. The van der Waals surface area contributed by atoms with Crippen molar-refractivity contribution in [3.05, 3.63) is 58.6 Å². The molecule has 2 aliphatic heterocycles. The molecule has 0 saturated carbocycles. The number of piperazine rings is 1. The van der Waals surface area contributed by atoms with Gasteiger partial charge in [0.15, 0.2) is 11.5 Å². The molecule has 0 amide bonds. The number of fused-ring (bicyclic) bond motifs is 1. The smallest absolute Gasteiger partial charge is 0.327 e. The van der Waals surface area contributed by atoms with Gasteiger partial charge >= 0.3 is 5.97 Å². The van der Waals surface area contributed by atoms with Crippen molar-refractivity contribution in [2.24, 2.45) is 0 Å². The van der Waals surface area contributed by atoms with Gasteiger partial charge in [-0.3, -0.25) is 9.80 Å². The minimum absolute atomic E-state index is 0.280. The number of rotatable bonds is 5. The summed E-state index contributed by atoms with van der Waals surface area (Å²) in [5.41, 5.74) is 1.98. The lowest BCUT2D eigenvalue weighted by molar-refractivity contribution is -0.148. The molecule has 1 saturated heterocycles. The molecule has 0 unspecified atom stereocenters. The van der Waals surface area contributed by atoms with Gasteiger partial charge in [-0.25, -0.2) is 4.79 Å². The van der Waals surface area contributed by atoms with E-state index in [-0.39, 0.29) is 12.8 Å². The van der Waals surface area contributed by atoms with Gasteiger partial charge in [0, 0.05) is 37.7 Å². The van der Waals surface area contributed by atoms with Gasteiger partial charge in [-0.2, -0.15) is 0 Å². The lowest BCUT2D eigenvalue weighted by Crippen LogP contribution is -2.49. The summed E-state index contributed by atoms with van der Waals surface area (Å²) in [5, 5.41) is 0.584. The van der Waals surface area contributed by atoms with Crippen LogP contribution in [0.4, 0.5) is 0 Å². The van der Waals surface area contributed by atoms with Gasteiger partial charge in [-0.15, -0.1) is 0 Å². The molecule has 148 valence electrons. The number of carbonyl (C=O) groups is 1. The largest absolute Gasteiger partial charge is 0.468 e. The van der Waals surface area contributed by atoms with E-state index in [4.69, 9.17) is 25.8 Å². The Hall–Kier alpha value is -2.28. The Bertz CT molecular complexity index is 852. The van der Waals surface area contributed by atoms with Crippen molar-refractivity contribution >= 4 is 17.6 Å². The van der Waals surface area contributed by atoms with Gasteiger partial charge in [0.05, 0.1) is 7.11 Å². The highest BCUT2D eigenvalue weighted by molar-refractivity contribution is 6.31. The van der Waals surface area contributed by atoms with Gasteiger partial charge in [-0.1, -0.05) is 35.9 Å². The molecule has 0 radical (unpaired) electrons. The van der Waals surface area contributed by atoms with Crippen molar-refractivity contribution in [1.29, 1.82) is 0 Å². The van der Waals surface area contributed by atoms with E-state index in [1.165, 1.54) is 12.7 Å². The number of benzene rings is 2. The summed E-state index contributed by atoms with van der Waals surface area (Å²) >= 11 is 6.35. The molecule has 4 rings (SSSR count). The van der Waals surface area contributed by atoms with E-state index in [0.29, 0.717) is 5.02 Å². The normalized spacial score (nSPS) is 18.1. The van der Waals surface area contributed by atoms with Crippen molar-refractivity contribution in [3.8, 4) is 11.5 Å². The lowest BCUT2D eigenvalue weighted by Gasteiger charge is -2.38. The molecular formula is C21H23ClN2O4. The molecule has 2 aromatic carbocycles. The Balaban J connectivity index is 1.42. The second-order valence-electron chi connectivity index (χ2n) is 6.95. The Morgan fingerprint density at radius 3 is 2.61 bits per heavy atom. The fraction of sp³-hybridized carbons (Fsp3) is 0.381. The molecule has 1 fully saturated rings. The predicted molar refractivity (Wildman–Crippen MR) is 106 cm³/mol. The summed E-state index contributed by atoms with van der Waals surface area (Å²) in [6.45, 7) is 4.34. The van der Waals surface area contributed by atoms with Crippen LogP contribution in [0.1, 0.15) is 17.2 Å². The van der Waals surface area contributed by atoms with Crippen molar-refractivity contribution < 1.29 is 19.0 Å². The van der Waals surface area contributed by atoms with E-state index in [2.05, 4.69) is 15.9 Å². The highest BCUT2D eigenvalue weighted by Crippen LogP contribution is 2.33. The molecule has 0 N–H and O–H groups in total. The molecule has 0 spiro atoms. The summed E-state index contributed by atoms with van der Waals surface area (Å²) in [7, 11) is 1.42. The second kappa shape index (κ2) is 8.39. The number of esters is 1. The highest BCUT2D eigenvalue weighted by Gasteiger charge is 2.32. The minimum atomic E-state index is -0.480. The summed E-state index contributed by atoms with van der Waals surface area (Å²) in [4.78, 5) is 17.0. The van der Waals surface area contributed by atoms with Gasteiger partial charge < -0.3 is 14.2 Å². The standard InChI is InChI=1S/C21H23ClN2O4/c1-26-21(25)20(16-4-2-3-5-17(16)22)24-10-8-23(9-11-24)13-15-6-7-18-19(12-15)28-14-27-18/h2-7,12,20H,8-11,13-14H2,1H3/t20-/m0/s1. The number of methoxy groups -OCH3 is 1. The third-order valence-electron chi connectivity index (χ3n) is 5.24. The van der Waals surface area contributed by atoms with Gasteiger partial charge in [0.2, 0.25) is 6.79 Å². The first-order valence-corrected chi connectivity index (χ1v) is 9.70. The Kier molecular flexibility index (Phi) is 5.71. The van der Waals surface area contributed by atoms with Gasteiger partial charge in [0.25, 0.3) is 0 Å². The van der Waals surface area contributed by atoms with Crippen molar-refractivity contribution in [3.63, 3.8) is 0 Å². The van der Waals surface area contributed by atoms with Crippen LogP contribution in [0.25, 0.3) is 0 Å². The summed E-state index contributed by atoms with van der Waals surface area (Å²) in [6, 6.07) is 13.0. The van der Waals surface area contributed by atoms with E-state index in [1.54, 1.807) is 0 Å². The van der Waals surface area contributed by atoms with Crippen LogP contribution < -0.4 is 9.47 Å². The number of ether oxygens (including phenoxy) is 3. The summed E-state index contributed by atoms with van der Waals surface area (Å²) in [5.74, 6) is 1.33. The first kappa shape index (κ1) is 19.1. The molecule has 1 atom stereocenters. The molecule has 0 bridgehead atoms. The van der Waals surface area contributed by atoms with Crippen molar-refractivity contribution in [2.45, 2.75) is 12.6 Å². The first-order chi connectivity index (χ1) is 13.7. The monoisotopic (exact) mass is 402 g/mol. The molecule has 0 aliphatic carbocycles. The van der Waals surface area contributed by atoms with Crippen molar-refractivity contribution in [1.82, 2.24) is 9.80 Å².